The van der Waals surface area contributed by atoms with Crippen molar-refractivity contribution in [2.24, 2.45) is 11.1 Å². The Kier molecular flexibility index (Phi) is 5.57. The molecule has 1 aliphatic rings. The van der Waals surface area contributed by atoms with Gasteiger partial charge in [0.05, 0.1) is 17.6 Å². The number of nitrogens with two attached hydrogens (primary N) is 1. The van der Waals surface area contributed by atoms with Crippen molar-refractivity contribution in [1.29, 1.82) is 0 Å². The van der Waals surface area contributed by atoms with Crippen LogP contribution in [0.15, 0.2) is 18.3 Å². The minimum Gasteiger partial charge on any atom is -0.443 e. The molecule has 1 aliphatic heterocycles. The van der Waals surface area contributed by atoms with Crippen LogP contribution in [0, 0.1) is 5.92 Å². The van der Waals surface area contributed by atoms with E-state index in [1.54, 1.807) is 40.0 Å². The minimum atomic E-state index is -3.63. The Bertz CT molecular complexity index is 786. The number of rotatable bonds is 4. The lowest BCUT2D eigenvalue weighted by molar-refractivity contribution is -0.117. The molecule has 0 aliphatic carbocycles. The average molecular weight is 384 g/mol. The number of amides is 2. The predicted octanol–water partition coefficient (Wildman–Crippen LogP) is 1.09. The van der Waals surface area contributed by atoms with Gasteiger partial charge in [-0.05, 0) is 32.9 Å². The number of hydrogen-bond donors (Lipinski definition) is 1. The first-order valence-electron chi connectivity index (χ1n) is 8.09. The SMILES string of the molecule is CN(C(=O)OC(C)(C)C)c1ccc(N2CC(CS(N)(=O)=O)CC2=O)cn1. The zero-order valence-electron chi connectivity index (χ0n) is 15.3. The largest absolute Gasteiger partial charge is 0.443 e. The maximum Gasteiger partial charge on any atom is 0.415 e. The lowest BCUT2D eigenvalue weighted by atomic mass is 10.1. The summed E-state index contributed by atoms with van der Waals surface area (Å²) in [6.07, 6.45) is 1.05. The normalized spacial score (nSPS) is 18.1. The van der Waals surface area contributed by atoms with Crippen LogP contribution in [0.5, 0.6) is 0 Å². The van der Waals surface area contributed by atoms with Crippen LogP contribution in [0.4, 0.5) is 16.3 Å². The fourth-order valence-corrected chi connectivity index (χ4v) is 3.51. The van der Waals surface area contributed by atoms with Gasteiger partial charge in [0.1, 0.15) is 11.4 Å². The van der Waals surface area contributed by atoms with Crippen molar-refractivity contribution >= 4 is 33.5 Å². The first kappa shape index (κ1) is 20.1. The Hall–Kier alpha value is -2.20. The van der Waals surface area contributed by atoms with Crippen LogP contribution in [0.25, 0.3) is 0 Å². The van der Waals surface area contributed by atoms with E-state index in [4.69, 9.17) is 9.88 Å². The third-order valence-corrected chi connectivity index (χ3v) is 4.66. The van der Waals surface area contributed by atoms with E-state index < -0.39 is 21.7 Å². The highest BCUT2D eigenvalue weighted by atomic mass is 32.2. The van der Waals surface area contributed by atoms with Crippen molar-refractivity contribution in [3.8, 4) is 0 Å². The predicted molar refractivity (Wildman–Crippen MR) is 97.3 cm³/mol. The molecule has 2 N–H and O–H groups in total. The molecule has 2 rings (SSSR count). The summed E-state index contributed by atoms with van der Waals surface area (Å²) in [4.78, 5) is 31.1. The molecule has 1 aromatic heterocycles. The summed E-state index contributed by atoms with van der Waals surface area (Å²) in [6.45, 7) is 5.57. The van der Waals surface area contributed by atoms with Crippen molar-refractivity contribution < 1.29 is 22.7 Å². The number of sulfonamides is 1. The maximum absolute atomic E-state index is 12.1. The molecule has 10 heteroatoms. The van der Waals surface area contributed by atoms with E-state index in [2.05, 4.69) is 4.98 Å². The van der Waals surface area contributed by atoms with Gasteiger partial charge in [-0.15, -0.1) is 0 Å². The van der Waals surface area contributed by atoms with Gasteiger partial charge < -0.3 is 9.64 Å². The van der Waals surface area contributed by atoms with Gasteiger partial charge >= 0.3 is 6.09 Å². The number of primary sulfonamides is 1. The van der Waals surface area contributed by atoms with Crippen LogP contribution in [0.1, 0.15) is 27.2 Å². The minimum absolute atomic E-state index is 0.121. The smallest absolute Gasteiger partial charge is 0.415 e. The molecule has 9 nitrogen and oxygen atoms in total. The zero-order valence-corrected chi connectivity index (χ0v) is 16.1. The van der Waals surface area contributed by atoms with Gasteiger partial charge in [0, 0.05) is 25.9 Å². The van der Waals surface area contributed by atoms with Crippen molar-refractivity contribution in [2.75, 3.05) is 29.1 Å². The van der Waals surface area contributed by atoms with E-state index >= 15 is 0 Å². The number of aromatic nitrogens is 1. The molecular weight excluding hydrogens is 360 g/mol. The van der Waals surface area contributed by atoms with E-state index in [9.17, 15) is 18.0 Å². The van der Waals surface area contributed by atoms with Gasteiger partial charge in [-0.1, -0.05) is 0 Å². The molecule has 0 radical (unpaired) electrons. The highest BCUT2D eigenvalue weighted by Crippen LogP contribution is 2.26. The Balaban J connectivity index is 2.07. The molecule has 0 saturated carbocycles. The lowest BCUT2D eigenvalue weighted by Crippen LogP contribution is -2.34. The summed E-state index contributed by atoms with van der Waals surface area (Å²) in [5.41, 5.74) is -0.0840. The second kappa shape index (κ2) is 7.20. The molecule has 2 heterocycles. The molecule has 1 aromatic rings. The van der Waals surface area contributed by atoms with Crippen molar-refractivity contribution in [3.05, 3.63) is 18.3 Å². The second-order valence-corrected chi connectivity index (χ2v) is 8.98. The van der Waals surface area contributed by atoms with Crippen LogP contribution in [0.3, 0.4) is 0 Å². The van der Waals surface area contributed by atoms with Crippen LogP contribution < -0.4 is 14.9 Å². The van der Waals surface area contributed by atoms with Crippen LogP contribution in [-0.2, 0) is 19.6 Å². The highest BCUT2D eigenvalue weighted by Gasteiger charge is 2.33. The van der Waals surface area contributed by atoms with Gasteiger partial charge in [-0.3, -0.25) is 9.69 Å². The summed E-state index contributed by atoms with van der Waals surface area (Å²) in [5, 5.41) is 5.05. The number of nitrogens with zero attached hydrogens (tertiary/aromatic N) is 3. The molecule has 0 spiro atoms. The van der Waals surface area contributed by atoms with E-state index in [1.165, 1.54) is 16.0 Å². The summed E-state index contributed by atoms with van der Waals surface area (Å²) >= 11 is 0. The zero-order chi connectivity index (χ0) is 19.7. The number of carbonyl (C=O) groups excluding carboxylic acids is 2. The average Bonchev–Trinajstić information content (AvgIpc) is 2.83. The van der Waals surface area contributed by atoms with E-state index in [1.807, 2.05) is 0 Å². The Morgan fingerprint density at radius 2 is 2.08 bits per heavy atom. The van der Waals surface area contributed by atoms with Crippen molar-refractivity contribution in [1.82, 2.24) is 4.98 Å². The quantitative estimate of drug-likeness (QED) is 0.829. The number of ether oxygens (including phenoxy) is 1. The third-order valence-electron chi connectivity index (χ3n) is 3.73. The first-order chi connectivity index (χ1) is 11.9. The number of hydrogen-bond acceptors (Lipinski definition) is 6. The number of pyridine rings is 1. The Morgan fingerprint density at radius 3 is 2.58 bits per heavy atom. The van der Waals surface area contributed by atoms with Gasteiger partial charge in [0.2, 0.25) is 15.9 Å². The van der Waals surface area contributed by atoms with E-state index in [0.717, 1.165) is 0 Å². The fourth-order valence-electron chi connectivity index (χ4n) is 2.63. The van der Waals surface area contributed by atoms with E-state index in [-0.39, 0.29) is 30.5 Å². The molecule has 1 unspecified atom stereocenters. The summed E-state index contributed by atoms with van der Waals surface area (Å²) in [5.74, 6) is -0.395. The monoisotopic (exact) mass is 384 g/mol. The number of carbonyl (C=O) groups is 2. The van der Waals surface area contributed by atoms with Crippen molar-refractivity contribution in [3.63, 3.8) is 0 Å². The molecule has 1 saturated heterocycles. The molecule has 1 fully saturated rings. The molecule has 26 heavy (non-hydrogen) atoms. The van der Waals surface area contributed by atoms with Gasteiger partial charge in [-0.2, -0.15) is 0 Å². The molecule has 144 valence electrons. The first-order valence-corrected chi connectivity index (χ1v) is 9.81. The standard InChI is InChI=1S/C16H24N4O5S/c1-16(2,3)25-15(22)19(4)13-6-5-12(8-18-13)20-9-11(7-14(20)21)10-26(17,23)24/h5-6,8,11H,7,9-10H2,1-4H3,(H2,17,23,24). The van der Waals surface area contributed by atoms with Crippen LogP contribution in [0.2, 0.25) is 0 Å². The molecule has 2 amide bonds. The van der Waals surface area contributed by atoms with Gasteiger partial charge in [-0.25, -0.2) is 23.3 Å². The fraction of sp³-hybridized carbons (Fsp3) is 0.562. The molecular formula is C16H24N4O5S. The van der Waals surface area contributed by atoms with Gasteiger partial charge in [0.15, 0.2) is 0 Å². The third kappa shape index (κ3) is 5.40. The van der Waals surface area contributed by atoms with E-state index in [0.29, 0.717) is 11.5 Å². The highest BCUT2D eigenvalue weighted by molar-refractivity contribution is 7.89. The number of anilines is 2. The van der Waals surface area contributed by atoms with Gasteiger partial charge in [0.25, 0.3) is 0 Å². The molecule has 1 atom stereocenters. The molecule has 0 bridgehead atoms. The maximum atomic E-state index is 12.1. The van der Waals surface area contributed by atoms with Crippen LogP contribution in [-0.4, -0.2) is 50.3 Å². The van der Waals surface area contributed by atoms with Crippen molar-refractivity contribution in [2.45, 2.75) is 32.8 Å². The summed E-state index contributed by atoms with van der Waals surface area (Å²) < 4.78 is 27.7. The lowest BCUT2D eigenvalue weighted by Gasteiger charge is -2.24. The van der Waals surface area contributed by atoms with Crippen LogP contribution >= 0.6 is 0 Å². The Morgan fingerprint density at radius 1 is 1.42 bits per heavy atom. The topological polar surface area (TPSA) is 123 Å². The Labute approximate surface area is 153 Å². The molecule has 0 aromatic carbocycles. The summed E-state index contributed by atoms with van der Waals surface area (Å²) in [6, 6.07) is 3.25. The summed E-state index contributed by atoms with van der Waals surface area (Å²) in [7, 11) is -2.09. The second-order valence-electron chi connectivity index (χ2n) is 7.32.